The van der Waals surface area contributed by atoms with E-state index in [-0.39, 0.29) is 0 Å². The molecule has 0 aliphatic carbocycles. The van der Waals surface area contributed by atoms with Gasteiger partial charge in [0.05, 0.1) is 0 Å². The van der Waals surface area contributed by atoms with Gasteiger partial charge in [0.15, 0.2) is 0 Å². The highest BCUT2D eigenvalue weighted by Gasteiger charge is 2.09. The predicted molar refractivity (Wildman–Crippen MR) is 60.3 cm³/mol. The van der Waals surface area contributed by atoms with Crippen molar-refractivity contribution in [2.75, 3.05) is 5.73 Å². The molecule has 0 spiro atoms. The Morgan fingerprint density at radius 3 is 1.92 bits per heavy atom. The zero-order valence-electron chi connectivity index (χ0n) is 7.07. The molecule has 0 radical (unpaired) electrons. The lowest BCUT2D eigenvalue weighted by atomic mass is 10.0. The standard InChI is InChI=1S/C9H11Br2N/c1-5(2)9-7(10)3-6(12)4-8(9)11/h3-5H,12H2,1-2H3. The lowest BCUT2D eigenvalue weighted by Crippen LogP contribution is -1.93. The van der Waals surface area contributed by atoms with Crippen LogP contribution >= 0.6 is 31.9 Å². The lowest BCUT2D eigenvalue weighted by Gasteiger charge is -2.11. The number of hydrogen-bond donors (Lipinski definition) is 1. The van der Waals surface area contributed by atoms with Gasteiger partial charge in [-0.2, -0.15) is 0 Å². The van der Waals surface area contributed by atoms with Crippen molar-refractivity contribution in [1.29, 1.82) is 0 Å². The van der Waals surface area contributed by atoms with Gasteiger partial charge in [-0.1, -0.05) is 45.7 Å². The zero-order valence-corrected chi connectivity index (χ0v) is 10.2. The monoisotopic (exact) mass is 291 g/mol. The number of hydrogen-bond acceptors (Lipinski definition) is 1. The van der Waals surface area contributed by atoms with Crippen LogP contribution in [0, 0.1) is 0 Å². The number of nitrogens with two attached hydrogens (primary N) is 1. The third-order valence-corrected chi connectivity index (χ3v) is 2.99. The molecule has 0 saturated carbocycles. The Balaban J connectivity index is 3.28. The van der Waals surface area contributed by atoms with E-state index in [1.165, 1.54) is 5.56 Å². The molecule has 12 heavy (non-hydrogen) atoms. The summed E-state index contributed by atoms with van der Waals surface area (Å²) in [5, 5.41) is 0. The van der Waals surface area contributed by atoms with Gasteiger partial charge in [-0.15, -0.1) is 0 Å². The Hall–Kier alpha value is -0.0200. The van der Waals surface area contributed by atoms with Crippen LogP contribution < -0.4 is 5.73 Å². The molecular weight excluding hydrogens is 282 g/mol. The number of benzene rings is 1. The molecule has 1 aromatic rings. The summed E-state index contributed by atoms with van der Waals surface area (Å²) in [7, 11) is 0. The van der Waals surface area contributed by atoms with Crippen molar-refractivity contribution in [3.8, 4) is 0 Å². The van der Waals surface area contributed by atoms with Gasteiger partial charge in [0, 0.05) is 14.6 Å². The molecule has 66 valence electrons. The minimum absolute atomic E-state index is 0.495. The van der Waals surface area contributed by atoms with Crippen LogP contribution in [0.2, 0.25) is 0 Å². The zero-order chi connectivity index (χ0) is 9.30. The van der Waals surface area contributed by atoms with Gasteiger partial charge in [0.1, 0.15) is 0 Å². The highest BCUT2D eigenvalue weighted by molar-refractivity contribution is 9.11. The predicted octanol–water partition coefficient (Wildman–Crippen LogP) is 3.92. The largest absolute Gasteiger partial charge is 0.399 e. The molecule has 0 bridgehead atoms. The van der Waals surface area contributed by atoms with E-state index in [2.05, 4.69) is 45.7 Å². The lowest BCUT2D eigenvalue weighted by molar-refractivity contribution is 0.855. The summed E-state index contributed by atoms with van der Waals surface area (Å²) in [6, 6.07) is 3.86. The molecule has 3 heteroatoms. The molecule has 0 saturated heterocycles. The van der Waals surface area contributed by atoms with E-state index in [1.54, 1.807) is 0 Å². The maximum Gasteiger partial charge on any atom is 0.0336 e. The Morgan fingerprint density at radius 2 is 1.58 bits per heavy atom. The Morgan fingerprint density at radius 1 is 1.17 bits per heavy atom. The number of halogens is 2. The Bertz CT molecular complexity index is 272. The third kappa shape index (κ3) is 2.02. The van der Waals surface area contributed by atoms with E-state index in [1.807, 2.05) is 12.1 Å². The second kappa shape index (κ2) is 3.79. The first-order valence-corrected chi connectivity index (χ1v) is 5.35. The molecule has 0 unspecified atom stereocenters. The first kappa shape index (κ1) is 10.1. The normalized spacial score (nSPS) is 10.8. The minimum atomic E-state index is 0.495. The van der Waals surface area contributed by atoms with Crippen molar-refractivity contribution in [1.82, 2.24) is 0 Å². The fraction of sp³-hybridized carbons (Fsp3) is 0.333. The van der Waals surface area contributed by atoms with Crippen LogP contribution in [0.25, 0.3) is 0 Å². The summed E-state index contributed by atoms with van der Waals surface area (Å²) in [5.41, 5.74) is 7.71. The molecule has 0 amide bonds. The van der Waals surface area contributed by atoms with Crippen molar-refractivity contribution in [2.24, 2.45) is 0 Å². The van der Waals surface area contributed by atoms with E-state index in [0.29, 0.717) is 5.92 Å². The van der Waals surface area contributed by atoms with Gasteiger partial charge in [0.2, 0.25) is 0 Å². The fourth-order valence-electron chi connectivity index (χ4n) is 1.16. The minimum Gasteiger partial charge on any atom is -0.399 e. The van der Waals surface area contributed by atoms with E-state index in [9.17, 15) is 0 Å². The van der Waals surface area contributed by atoms with Gasteiger partial charge < -0.3 is 5.73 Å². The topological polar surface area (TPSA) is 26.0 Å². The molecule has 0 aliphatic rings. The van der Waals surface area contributed by atoms with Crippen LogP contribution in [0.1, 0.15) is 25.3 Å². The van der Waals surface area contributed by atoms with Crippen molar-refractivity contribution in [3.63, 3.8) is 0 Å². The number of nitrogen functional groups attached to an aromatic ring is 1. The average Bonchev–Trinajstić information content (AvgIpc) is 1.82. The number of anilines is 1. The van der Waals surface area contributed by atoms with Crippen molar-refractivity contribution in [2.45, 2.75) is 19.8 Å². The maximum absolute atomic E-state index is 5.67. The molecule has 0 aliphatic heterocycles. The molecule has 0 heterocycles. The molecule has 0 aromatic heterocycles. The van der Waals surface area contributed by atoms with E-state index in [4.69, 9.17) is 5.73 Å². The van der Waals surface area contributed by atoms with Gasteiger partial charge >= 0.3 is 0 Å². The SMILES string of the molecule is CC(C)c1c(Br)cc(N)cc1Br. The Labute approximate surface area is 89.6 Å². The summed E-state index contributed by atoms with van der Waals surface area (Å²) in [4.78, 5) is 0. The highest BCUT2D eigenvalue weighted by atomic mass is 79.9. The van der Waals surface area contributed by atoms with E-state index in [0.717, 1.165) is 14.6 Å². The van der Waals surface area contributed by atoms with Crippen molar-refractivity contribution >= 4 is 37.5 Å². The summed E-state index contributed by atoms with van der Waals surface area (Å²) < 4.78 is 2.15. The van der Waals surface area contributed by atoms with Crippen LogP contribution in [-0.4, -0.2) is 0 Å². The first-order chi connectivity index (χ1) is 5.52. The maximum atomic E-state index is 5.67. The molecule has 0 fully saturated rings. The Kier molecular flexibility index (Phi) is 3.18. The summed E-state index contributed by atoms with van der Waals surface area (Å²) >= 11 is 6.98. The van der Waals surface area contributed by atoms with Gasteiger partial charge in [-0.25, -0.2) is 0 Å². The quantitative estimate of drug-likeness (QED) is 0.780. The molecule has 1 rings (SSSR count). The molecule has 1 aromatic carbocycles. The molecule has 1 nitrogen and oxygen atoms in total. The van der Waals surface area contributed by atoms with Crippen LogP contribution in [0.4, 0.5) is 5.69 Å². The fourth-order valence-corrected chi connectivity index (χ4v) is 3.29. The van der Waals surface area contributed by atoms with Crippen LogP contribution in [-0.2, 0) is 0 Å². The summed E-state index contributed by atoms with van der Waals surface area (Å²) in [5.74, 6) is 0.495. The van der Waals surface area contributed by atoms with E-state index < -0.39 is 0 Å². The average molecular weight is 293 g/mol. The van der Waals surface area contributed by atoms with Gasteiger partial charge in [0.25, 0.3) is 0 Å². The summed E-state index contributed by atoms with van der Waals surface area (Å²) in [6.45, 7) is 4.31. The number of rotatable bonds is 1. The van der Waals surface area contributed by atoms with Gasteiger partial charge in [-0.3, -0.25) is 0 Å². The summed E-state index contributed by atoms with van der Waals surface area (Å²) in [6.07, 6.45) is 0. The molecule has 2 N–H and O–H groups in total. The first-order valence-electron chi connectivity index (χ1n) is 3.76. The second-order valence-corrected chi connectivity index (χ2v) is 4.76. The third-order valence-electron chi connectivity index (χ3n) is 1.68. The highest BCUT2D eigenvalue weighted by Crippen LogP contribution is 2.33. The van der Waals surface area contributed by atoms with E-state index >= 15 is 0 Å². The van der Waals surface area contributed by atoms with Crippen LogP contribution in [0.3, 0.4) is 0 Å². The van der Waals surface area contributed by atoms with Crippen molar-refractivity contribution < 1.29 is 0 Å². The van der Waals surface area contributed by atoms with Crippen LogP contribution in [0.15, 0.2) is 21.1 Å². The van der Waals surface area contributed by atoms with Crippen LogP contribution in [0.5, 0.6) is 0 Å². The molecular formula is C9H11Br2N. The van der Waals surface area contributed by atoms with Gasteiger partial charge in [-0.05, 0) is 23.6 Å². The van der Waals surface area contributed by atoms with Crippen molar-refractivity contribution in [3.05, 3.63) is 26.6 Å². The smallest absolute Gasteiger partial charge is 0.0336 e. The second-order valence-electron chi connectivity index (χ2n) is 3.05. The molecule has 0 atom stereocenters.